The number of hydrogen-bond acceptors (Lipinski definition) is 3. The van der Waals surface area contributed by atoms with E-state index in [1.807, 2.05) is 31.2 Å². The maximum absolute atomic E-state index is 5.93. The zero-order chi connectivity index (χ0) is 15.4. The van der Waals surface area contributed by atoms with E-state index in [-0.39, 0.29) is 0 Å². The molecule has 3 nitrogen and oxygen atoms in total. The Labute approximate surface area is 136 Å². The number of halogens is 1. The van der Waals surface area contributed by atoms with Gasteiger partial charge in [-0.25, -0.2) is 0 Å². The third-order valence-corrected chi connectivity index (χ3v) is 4.18. The summed E-state index contributed by atoms with van der Waals surface area (Å²) in [5.41, 5.74) is 3.44. The number of piperazine rings is 1. The van der Waals surface area contributed by atoms with Crippen molar-refractivity contribution in [2.24, 2.45) is 5.10 Å². The fourth-order valence-corrected chi connectivity index (χ4v) is 2.78. The van der Waals surface area contributed by atoms with Gasteiger partial charge in [-0.1, -0.05) is 41.9 Å². The Balaban J connectivity index is 1.61. The number of anilines is 1. The summed E-state index contributed by atoms with van der Waals surface area (Å²) >= 11 is 5.93. The van der Waals surface area contributed by atoms with Gasteiger partial charge in [0, 0.05) is 23.8 Å². The van der Waals surface area contributed by atoms with Crippen molar-refractivity contribution < 1.29 is 0 Å². The molecule has 4 heteroatoms. The van der Waals surface area contributed by atoms with Gasteiger partial charge >= 0.3 is 0 Å². The lowest BCUT2D eigenvalue weighted by Crippen LogP contribution is -2.44. The van der Waals surface area contributed by atoms with Crippen LogP contribution in [0.5, 0.6) is 0 Å². The highest BCUT2D eigenvalue weighted by Gasteiger charge is 2.15. The van der Waals surface area contributed by atoms with Crippen LogP contribution in [0.15, 0.2) is 59.7 Å². The predicted octanol–water partition coefficient (Wildman–Crippen LogP) is 3.89. The zero-order valence-electron chi connectivity index (χ0n) is 12.7. The number of hydrogen-bond donors (Lipinski definition) is 0. The third kappa shape index (κ3) is 3.60. The van der Waals surface area contributed by atoms with Crippen molar-refractivity contribution in [3.05, 3.63) is 65.2 Å². The van der Waals surface area contributed by atoms with Gasteiger partial charge in [0.25, 0.3) is 0 Å². The molecule has 1 heterocycles. The van der Waals surface area contributed by atoms with Crippen LogP contribution in [-0.2, 0) is 0 Å². The third-order valence-electron chi connectivity index (χ3n) is 3.93. The van der Waals surface area contributed by atoms with E-state index >= 15 is 0 Å². The number of nitrogens with zero attached hydrogens (tertiary/aromatic N) is 3. The Hall–Kier alpha value is -2.00. The van der Waals surface area contributed by atoms with Crippen molar-refractivity contribution in [2.45, 2.75) is 6.92 Å². The molecule has 0 radical (unpaired) electrons. The molecule has 2 aromatic rings. The lowest BCUT2D eigenvalue weighted by atomic mass is 10.1. The quantitative estimate of drug-likeness (QED) is 0.801. The van der Waals surface area contributed by atoms with Gasteiger partial charge in [0.2, 0.25) is 0 Å². The summed E-state index contributed by atoms with van der Waals surface area (Å²) in [4.78, 5) is 2.41. The van der Waals surface area contributed by atoms with Gasteiger partial charge in [-0.15, -0.1) is 0 Å². The number of rotatable bonds is 3. The van der Waals surface area contributed by atoms with Crippen molar-refractivity contribution in [3.63, 3.8) is 0 Å². The van der Waals surface area contributed by atoms with Crippen LogP contribution in [-0.4, -0.2) is 36.9 Å². The first-order chi connectivity index (χ1) is 10.7. The van der Waals surface area contributed by atoms with Gasteiger partial charge in [-0.2, -0.15) is 5.10 Å². The molecule has 0 unspecified atom stereocenters. The van der Waals surface area contributed by atoms with Crippen LogP contribution in [0.25, 0.3) is 0 Å². The van der Waals surface area contributed by atoms with Crippen LogP contribution in [0.3, 0.4) is 0 Å². The van der Waals surface area contributed by atoms with E-state index in [0.717, 1.165) is 42.5 Å². The van der Waals surface area contributed by atoms with Gasteiger partial charge in [0.05, 0.1) is 18.8 Å². The Morgan fingerprint density at radius 2 is 1.55 bits per heavy atom. The van der Waals surface area contributed by atoms with E-state index in [4.69, 9.17) is 16.7 Å². The summed E-state index contributed by atoms with van der Waals surface area (Å²) in [5, 5.41) is 7.66. The zero-order valence-corrected chi connectivity index (χ0v) is 13.5. The molecule has 1 fully saturated rings. The summed E-state index contributed by atoms with van der Waals surface area (Å²) in [5.74, 6) is 0. The summed E-state index contributed by atoms with van der Waals surface area (Å²) in [6.07, 6.45) is 0. The number of para-hydroxylation sites is 1. The summed E-state index contributed by atoms with van der Waals surface area (Å²) in [6, 6.07) is 18.4. The molecule has 1 aliphatic rings. The second kappa shape index (κ2) is 6.84. The molecule has 0 N–H and O–H groups in total. The Morgan fingerprint density at radius 1 is 0.909 bits per heavy atom. The molecule has 22 heavy (non-hydrogen) atoms. The predicted molar refractivity (Wildman–Crippen MR) is 93.9 cm³/mol. The van der Waals surface area contributed by atoms with E-state index in [9.17, 15) is 0 Å². The number of hydrazone groups is 1. The van der Waals surface area contributed by atoms with Crippen molar-refractivity contribution >= 4 is 23.0 Å². The molecule has 0 amide bonds. The second-order valence-corrected chi connectivity index (χ2v) is 5.90. The lowest BCUT2D eigenvalue weighted by molar-refractivity contribution is 0.270. The van der Waals surface area contributed by atoms with E-state index in [1.54, 1.807) is 0 Å². The highest BCUT2D eigenvalue weighted by atomic mass is 35.5. The van der Waals surface area contributed by atoms with Crippen LogP contribution in [0.2, 0.25) is 5.02 Å². The molecule has 0 atom stereocenters. The smallest absolute Gasteiger partial charge is 0.0646 e. The van der Waals surface area contributed by atoms with E-state index < -0.39 is 0 Å². The molecule has 2 aromatic carbocycles. The molecule has 0 aromatic heterocycles. The Bertz CT molecular complexity index is 629. The van der Waals surface area contributed by atoms with E-state index in [1.165, 1.54) is 5.69 Å². The van der Waals surface area contributed by atoms with Gasteiger partial charge < -0.3 is 4.90 Å². The van der Waals surface area contributed by atoms with Crippen LogP contribution >= 0.6 is 11.6 Å². The van der Waals surface area contributed by atoms with Crippen molar-refractivity contribution in [1.29, 1.82) is 0 Å². The molecule has 0 spiro atoms. The van der Waals surface area contributed by atoms with Crippen LogP contribution in [0.1, 0.15) is 12.5 Å². The highest BCUT2D eigenvalue weighted by Crippen LogP contribution is 2.16. The van der Waals surface area contributed by atoms with Gasteiger partial charge in [-0.05, 0) is 36.8 Å². The molecular weight excluding hydrogens is 294 g/mol. The molecule has 0 aliphatic carbocycles. The van der Waals surface area contributed by atoms with Crippen molar-refractivity contribution in [1.82, 2.24) is 5.01 Å². The first-order valence-corrected chi connectivity index (χ1v) is 7.96. The molecule has 0 bridgehead atoms. The van der Waals surface area contributed by atoms with Gasteiger partial charge in [0.15, 0.2) is 0 Å². The lowest BCUT2D eigenvalue weighted by Gasteiger charge is -2.34. The maximum atomic E-state index is 5.93. The Morgan fingerprint density at radius 3 is 2.18 bits per heavy atom. The fourth-order valence-electron chi connectivity index (χ4n) is 2.65. The molecule has 3 rings (SSSR count). The summed E-state index contributed by atoms with van der Waals surface area (Å²) < 4.78 is 0. The van der Waals surface area contributed by atoms with Gasteiger partial charge in [0.1, 0.15) is 0 Å². The minimum absolute atomic E-state index is 0.757. The van der Waals surface area contributed by atoms with Crippen molar-refractivity contribution in [2.75, 3.05) is 31.1 Å². The summed E-state index contributed by atoms with van der Waals surface area (Å²) in [6.45, 7) is 5.94. The molecule has 114 valence electrons. The first kappa shape index (κ1) is 14.9. The molecular formula is C18H20ClN3. The monoisotopic (exact) mass is 313 g/mol. The average Bonchev–Trinajstić information content (AvgIpc) is 2.57. The largest absolute Gasteiger partial charge is 0.368 e. The fraction of sp³-hybridized carbons (Fsp3) is 0.278. The Kier molecular flexibility index (Phi) is 4.64. The van der Waals surface area contributed by atoms with Crippen LogP contribution in [0, 0.1) is 0 Å². The molecule has 0 saturated carbocycles. The van der Waals surface area contributed by atoms with E-state index in [0.29, 0.717) is 0 Å². The first-order valence-electron chi connectivity index (χ1n) is 7.58. The minimum Gasteiger partial charge on any atom is -0.368 e. The maximum Gasteiger partial charge on any atom is 0.0646 e. The topological polar surface area (TPSA) is 18.8 Å². The van der Waals surface area contributed by atoms with Crippen LogP contribution < -0.4 is 4.90 Å². The SMILES string of the molecule is C/C(=N/N1CCN(c2ccccc2)CC1)c1ccc(Cl)cc1. The molecule has 1 saturated heterocycles. The molecule has 1 aliphatic heterocycles. The van der Waals surface area contributed by atoms with Gasteiger partial charge in [-0.3, -0.25) is 5.01 Å². The number of benzene rings is 2. The standard InChI is InChI=1S/C18H20ClN3/c1-15(16-7-9-17(19)10-8-16)20-22-13-11-21(12-14-22)18-5-3-2-4-6-18/h2-10H,11-14H2,1H3/b20-15-. The highest BCUT2D eigenvalue weighted by molar-refractivity contribution is 6.30. The van der Waals surface area contributed by atoms with E-state index in [2.05, 4.69) is 40.2 Å². The van der Waals surface area contributed by atoms with Crippen molar-refractivity contribution in [3.8, 4) is 0 Å². The second-order valence-electron chi connectivity index (χ2n) is 5.47. The minimum atomic E-state index is 0.757. The average molecular weight is 314 g/mol. The normalized spacial score (nSPS) is 16.0. The summed E-state index contributed by atoms with van der Waals surface area (Å²) in [7, 11) is 0. The van der Waals surface area contributed by atoms with Crippen LogP contribution in [0.4, 0.5) is 5.69 Å².